The Labute approximate surface area is 204 Å². The fraction of sp³-hybridized carbons (Fsp3) is 0.259. The molecule has 177 valence electrons. The maximum Gasteiger partial charge on any atom is 0.281 e. The van der Waals surface area contributed by atoms with Crippen LogP contribution in [0.1, 0.15) is 47.2 Å². The van der Waals surface area contributed by atoms with Crippen molar-refractivity contribution < 1.29 is 14.3 Å². The Balaban J connectivity index is 1.42. The highest BCUT2D eigenvalue weighted by Gasteiger charge is 2.24. The second-order valence-corrected chi connectivity index (χ2v) is 8.71. The molecule has 0 saturated carbocycles. The van der Waals surface area contributed by atoms with Gasteiger partial charge in [0.05, 0.1) is 24.6 Å². The Hall–Kier alpha value is -4.20. The molecule has 4 heterocycles. The highest BCUT2D eigenvalue weighted by atomic mass is 16.5. The molecule has 1 saturated heterocycles. The maximum atomic E-state index is 12.6. The van der Waals surface area contributed by atoms with Crippen molar-refractivity contribution in [2.75, 3.05) is 25.5 Å². The zero-order valence-corrected chi connectivity index (χ0v) is 19.7. The van der Waals surface area contributed by atoms with Crippen LogP contribution in [-0.2, 0) is 4.79 Å². The highest BCUT2D eigenvalue weighted by molar-refractivity contribution is 6.05. The van der Waals surface area contributed by atoms with E-state index in [9.17, 15) is 9.59 Å². The number of carbonyl (C=O) groups is 2. The Morgan fingerprint density at radius 2 is 1.89 bits per heavy atom. The van der Waals surface area contributed by atoms with E-state index in [0.29, 0.717) is 28.7 Å². The number of piperidine rings is 1. The number of nitrogens with one attached hydrogen (secondary N) is 1. The molecule has 0 bridgehead atoms. The maximum absolute atomic E-state index is 12.6. The molecule has 8 heteroatoms. The van der Waals surface area contributed by atoms with E-state index in [4.69, 9.17) is 9.72 Å². The van der Waals surface area contributed by atoms with Gasteiger partial charge in [-0.15, -0.1) is 0 Å². The number of aromatic nitrogens is 2. The first-order valence-electron chi connectivity index (χ1n) is 11.6. The van der Waals surface area contributed by atoms with Gasteiger partial charge in [-0.1, -0.05) is 12.1 Å². The third-order valence-electron chi connectivity index (χ3n) is 6.54. The van der Waals surface area contributed by atoms with Crippen molar-refractivity contribution in [1.29, 1.82) is 0 Å². The normalized spacial score (nSPS) is 15.4. The first kappa shape index (κ1) is 22.6. The molecule has 2 aliphatic heterocycles. The highest BCUT2D eigenvalue weighted by Crippen LogP contribution is 2.33. The van der Waals surface area contributed by atoms with Crippen molar-refractivity contribution in [2.45, 2.75) is 25.7 Å². The third kappa shape index (κ3) is 4.73. The summed E-state index contributed by atoms with van der Waals surface area (Å²) in [5.41, 5.74) is 4.71. The van der Waals surface area contributed by atoms with E-state index in [-0.39, 0.29) is 11.8 Å². The van der Waals surface area contributed by atoms with Gasteiger partial charge < -0.3 is 15.0 Å². The van der Waals surface area contributed by atoms with Crippen LogP contribution in [0.4, 0.5) is 11.5 Å². The van der Waals surface area contributed by atoms with Crippen molar-refractivity contribution in [2.24, 2.45) is 0 Å². The first-order valence-corrected chi connectivity index (χ1v) is 11.6. The molecule has 35 heavy (non-hydrogen) atoms. The predicted molar refractivity (Wildman–Crippen MR) is 133 cm³/mol. The lowest BCUT2D eigenvalue weighted by molar-refractivity contribution is -0.129. The van der Waals surface area contributed by atoms with E-state index >= 15 is 0 Å². The molecule has 0 spiro atoms. The Bertz CT molecular complexity index is 1290. The van der Waals surface area contributed by atoms with Crippen molar-refractivity contribution >= 4 is 29.4 Å². The predicted octanol–water partition coefficient (Wildman–Crippen LogP) is 4.35. The second-order valence-electron chi connectivity index (χ2n) is 8.71. The van der Waals surface area contributed by atoms with Crippen LogP contribution in [-0.4, -0.2) is 46.9 Å². The minimum atomic E-state index is -0.332. The molecule has 3 aromatic rings. The topological polar surface area (TPSA) is 98.5 Å². The molecule has 1 radical (unpaired) electrons. The molecule has 1 N–H and O–H groups in total. The first-order chi connectivity index (χ1) is 17.0. The lowest BCUT2D eigenvalue weighted by atomic mass is 9.89. The van der Waals surface area contributed by atoms with Gasteiger partial charge in [0.1, 0.15) is 11.6 Å². The molecule has 0 aliphatic carbocycles. The number of pyridine rings is 2. The molecule has 8 nitrogen and oxygen atoms in total. The van der Waals surface area contributed by atoms with E-state index in [0.717, 1.165) is 42.7 Å². The van der Waals surface area contributed by atoms with Gasteiger partial charge in [-0.05, 0) is 60.2 Å². The molecule has 2 aromatic heterocycles. The van der Waals surface area contributed by atoms with E-state index < -0.39 is 0 Å². The number of hydrogen-bond acceptors (Lipinski definition) is 6. The quantitative estimate of drug-likeness (QED) is 0.598. The Morgan fingerprint density at radius 1 is 1.11 bits per heavy atom. The molecule has 2 amide bonds. The number of hydrogen-bond donors (Lipinski definition) is 1. The molecular formula is C27H26N5O3. The van der Waals surface area contributed by atoms with Gasteiger partial charge >= 0.3 is 0 Å². The standard InChI is InChI=1S/C27H26N5O3/c1-17(33)32-11-8-19(9-12-32)18-3-5-22(6-4-18)30-26-25-20(7-10-29-27(25)34)14-24(31-26)21-13-23(35-2)16-28-15-21/h3-7,10,13-16,19H,8-9,11-12H2,1-2H3,(H,30,31). The Morgan fingerprint density at radius 3 is 2.60 bits per heavy atom. The van der Waals surface area contributed by atoms with Gasteiger partial charge in [0.15, 0.2) is 0 Å². The van der Waals surface area contributed by atoms with Crippen molar-refractivity contribution in [3.63, 3.8) is 0 Å². The van der Waals surface area contributed by atoms with Crippen molar-refractivity contribution in [3.8, 4) is 17.0 Å². The van der Waals surface area contributed by atoms with Crippen LogP contribution in [0.2, 0.25) is 0 Å². The van der Waals surface area contributed by atoms with Crippen LogP contribution < -0.4 is 15.4 Å². The summed E-state index contributed by atoms with van der Waals surface area (Å²) in [5, 5.41) is 7.26. The van der Waals surface area contributed by atoms with Crippen LogP contribution in [0.5, 0.6) is 5.75 Å². The number of rotatable bonds is 5. The number of fused-ring (bicyclic) bond motifs is 1. The fourth-order valence-corrected chi connectivity index (χ4v) is 4.58. The van der Waals surface area contributed by atoms with E-state index in [1.807, 2.05) is 29.2 Å². The number of carbonyl (C=O) groups excluding carboxylic acids is 2. The smallest absolute Gasteiger partial charge is 0.281 e. The summed E-state index contributed by atoms with van der Waals surface area (Å²) < 4.78 is 5.30. The largest absolute Gasteiger partial charge is 0.495 e. The number of amides is 2. The van der Waals surface area contributed by atoms with Gasteiger partial charge in [-0.3, -0.25) is 14.6 Å². The number of anilines is 2. The molecule has 1 fully saturated rings. The zero-order chi connectivity index (χ0) is 24.4. The number of nitrogens with zero attached hydrogens (tertiary/aromatic N) is 4. The summed E-state index contributed by atoms with van der Waals surface area (Å²) >= 11 is 0. The average Bonchev–Trinajstić information content (AvgIpc) is 2.89. The minimum Gasteiger partial charge on any atom is -0.495 e. The van der Waals surface area contributed by atoms with Gasteiger partial charge in [-0.2, -0.15) is 0 Å². The van der Waals surface area contributed by atoms with Gasteiger partial charge in [0.25, 0.3) is 5.91 Å². The molecule has 1 aromatic carbocycles. The van der Waals surface area contributed by atoms with Crippen molar-refractivity contribution in [3.05, 3.63) is 71.7 Å². The Kier molecular flexibility index (Phi) is 6.18. The monoisotopic (exact) mass is 468 g/mol. The molecule has 0 atom stereocenters. The summed E-state index contributed by atoms with van der Waals surface area (Å²) in [4.78, 5) is 35.1. The van der Waals surface area contributed by atoms with Crippen molar-refractivity contribution in [1.82, 2.24) is 20.2 Å². The number of benzene rings is 1. The minimum absolute atomic E-state index is 0.141. The number of ether oxygens (including phenoxy) is 1. The molecule has 2 aliphatic rings. The lowest BCUT2D eigenvalue weighted by Crippen LogP contribution is -2.36. The molecular weight excluding hydrogens is 442 g/mol. The average molecular weight is 469 g/mol. The van der Waals surface area contributed by atoms with Crippen LogP contribution in [0.25, 0.3) is 17.3 Å². The summed E-state index contributed by atoms with van der Waals surface area (Å²) in [6, 6.07) is 11.9. The fourth-order valence-electron chi connectivity index (χ4n) is 4.58. The van der Waals surface area contributed by atoms with E-state index in [1.54, 1.807) is 32.5 Å². The second kappa shape index (κ2) is 9.58. The van der Waals surface area contributed by atoms with Crippen LogP contribution in [0.3, 0.4) is 0 Å². The number of methoxy groups -OCH3 is 1. The SMILES string of the molecule is COc1cncc(-c2cc3c(c(Nc4ccc(C5CCN(C(C)=O)CC5)cc4)n2)C(=O)[N]C=C3)c1. The van der Waals surface area contributed by atoms with Gasteiger partial charge in [0, 0.05) is 43.7 Å². The lowest BCUT2D eigenvalue weighted by Gasteiger charge is -2.31. The summed E-state index contributed by atoms with van der Waals surface area (Å²) in [7, 11) is 1.59. The third-order valence-corrected chi connectivity index (χ3v) is 6.54. The zero-order valence-electron chi connectivity index (χ0n) is 19.7. The molecule has 0 unspecified atom stereocenters. The van der Waals surface area contributed by atoms with E-state index in [1.165, 1.54) is 11.8 Å². The summed E-state index contributed by atoms with van der Waals surface area (Å²) in [5.74, 6) is 1.31. The summed E-state index contributed by atoms with van der Waals surface area (Å²) in [6.07, 6.45) is 8.58. The van der Waals surface area contributed by atoms with Gasteiger partial charge in [0.2, 0.25) is 5.91 Å². The van der Waals surface area contributed by atoms with Crippen LogP contribution in [0, 0.1) is 0 Å². The van der Waals surface area contributed by atoms with Crippen LogP contribution in [0.15, 0.2) is 55.0 Å². The van der Waals surface area contributed by atoms with Crippen LogP contribution >= 0.6 is 0 Å². The summed E-state index contributed by atoms with van der Waals surface area (Å²) in [6.45, 7) is 3.21. The van der Waals surface area contributed by atoms with Gasteiger partial charge in [-0.25, -0.2) is 10.3 Å². The number of likely N-dealkylation sites (tertiary alicyclic amines) is 1. The molecule has 5 rings (SSSR count). The van der Waals surface area contributed by atoms with E-state index in [2.05, 4.69) is 27.8 Å².